The maximum atomic E-state index is 13.3. The Hall–Kier alpha value is -1.46. The van der Waals surface area contributed by atoms with E-state index >= 15 is 0 Å². The van der Waals surface area contributed by atoms with E-state index in [1.54, 1.807) is 6.07 Å². The van der Waals surface area contributed by atoms with Crippen LogP contribution in [0.15, 0.2) is 24.3 Å². The molecule has 20 heavy (non-hydrogen) atoms. The van der Waals surface area contributed by atoms with Gasteiger partial charge >= 0.3 is 0 Å². The van der Waals surface area contributed by atoms with Gasteiger partial charge in [-0.3, -0.25) is 4.79 Å². The highest BCUT2D eigenvalue weighted by Crippen LogP contribution is 2.45. The predicted molar refractivity (Wildman–Crippen MR) is 72.7 cm³/mol. The molecular weight excluding hydrogens is 259 g/mol. The first kappa shape index (κ1) is 13.5. The number of carbonyl (C=O) groups excluding carboxylic acids is 1. The van der Waals surface area contributed by atoms with Crippen molar-refractivity contribution in [2.75, 3.05) is 19.8 Å². The summed E-state index contributed by atoms with van der Waals surface area (Å²) in [6, 6.07) is 6.57. The second kappa shape index (κ2) is 5.50. The highest BCUT2D eigenvalue weighted by atomic mass is 19.1. The average Bonchev–Trinajstić information content (AvgIpc) is 3.20. The number of amides is 1. The summed E-state index contributed by atoms with van der Waals surface area (Å²) in [6.07, 6.45) is 2.14. The van der Waals surface area contributed by atoms with Gasteiger partial charge in [0, 0.05) is 19.0 Å². The van der Waals surface area contributed by atoms with Crippen LogP contribution in [0.1, 0.15) is 24.8 Å². The Morgan fingerprint density at radius 3 is 3.00 bits per heavy atom. The highest BCUT2D eigenvalue weighted by Gasteiger charge is 2.45. The molecule has 1 aliphatic heterocycles. The average molecular weight is 278 g/mol. The molecule has 1 saturated heterocycles. The van der Waals surface area contributed by atoms with Crippen LogP contribution in [-0.2, 0) is 15.1 Å². The van der Waals surface area contributed by atoms with Crippen molar-refractivity contribution in [1.29, 1.82) is 0 Å². The molecule has 1 saturated carbocycles. The predicted octanol–water partition coefficient (Wildman–Crippen LogP) is 1.31. The van der Waals surface area contributed by atoms with Crippen LogP contribution >= 0.6 is 0 Å². The first-order chi connectivity index (χ1) is 9.68. The van der Waals surface area contributed by atoms with Gasteiger partial charge in [0.05, 0.1) is 18.8 Å². The van der Waals surface area contributed by atoms with Crippen molar-refractivity contribution in [2.24, 2.45) is 0 Å². The fraction of sp³-hybridized carbons (Fsp3) is 0.533. The quantitative estimate of drug-likeness (QED) is 0.873. The van der Waals surface area contributed by atoms with Gasteiger partial charge in [-0.25, -0.2) is 4.39 Å². The van der Waals surface area contributed by atoms with E-state index in [9.17, 15) is 9.18 Å². The molecule has 1 unspecified atom stereocenters. The van der Waals surface area contributed by atoms with Crippen LogP contribution in [-0.4, -0.2) is 31.7 Å². The SMILES string of the molecule is O=C(CC1COCCN1)NC1(c2cccc(F)c2)CC1. The minimum Gasteiger partial charge on any atom is -0.378 e. The smallest absolute Gasteiger partial charge is 0.222 e. The van der Waals surface area contributed by atoms with E-state index in [-0.39, 0.29) is 23.3 Å². The molecule has 3 rings (SSSR count). The highest BCUT2D eigenvalue weighted by molar-refractivity contribution is 5.78. The molecule has 1 aromatic rings. The van der Waals surface area contributed by atoms with Crippen LogP contribution < -0.4 is 10.6 Å². The molecule has 5 heteroatoms. The second-order valence-electron chi connectivity index (χ2n) is 5.57. The summed E-state index contributed by atoms with van der Waals surface area (Å²) < 4.78 is 18.6. The number of hydrogen-bond donors (Lipinski definition) is 2. The van der Waals surface area contributed by atoms with E-state index in [1.165, 1.54) is 12.1 Å². The third-order valence-electron chi connectivity index (χ3n) is 3.94. The molecule has 2 N–H and O–H groups in total. The van der Waals surface area contributed by atoms with E-state index in [1.807, 2.05) is 6.07 Å². The van der Waals surface area contributed by atoms with E-state index in [2.05, 4.69) is 10.6 Å². The molecule has 1 aromatic carbocycles. The zero-order chi connectivity index (χ0) is 14.0. The Labute approximate surface area is 117 Å². The molecule has 0 aromatic heterocycles. The lowest BCUT2D eigenvalue weighted by Crippen LogP contribution is -2.45. The molecule has 108 valence electrons. The molecule has 1 aliphatic carbocycles. The first-order valence-electron chi connectivity index (χ1n) is 7.06. The van der Waals surface area contributed by atoms with Crippen molar-refractivity contribution in [2.45, 2.75) is 30.8 Å². The van der Waals surface area contributed by atoms with Crippen LogP contribution in [0.3, 0.4) is 0 Å². The number of halogens is 1. The maximum Gasteiger partial charge on any atom is 0.222 e. The van der Waals surface area contributed by atoms with Crippen LogP contribution in [0.25, 0.3) is 0 Å². The van der Waals surface area contributed by atoms with Gasteiger partial charge in [0.1, 0.15) is 5.82 Å². The van der Waals surface area contributed by atoms with E-state index < -0.39 is 0 Å². The first-order valence-corrected chi connectivity index (χ1v) is 7.06. The summed E-state index contributed by atoms with van der Waals surface area (Å²) in [5.74, 6) is -0.264. The fourth-order valence-electron chi connectivity index (χ4n) is 2.69. The van der Waals surface area contributed by atoms with E-state index in [4.69, 9.17) is 4.74 Å². The van der Waals surface area contributed by atoms with Crippen molar-refractivity contribution in [3.63, 3.8) is 0 Å². The van der Waals surface area contributed by atoms with Gasteiger partial charge in [-0.2, -0.15) is 0 Å². The molecule has 1 amide bonds. The number of nitrogens with one attached hydrogen (secondary N) is 2. The van der Waals surface area contributed by atoms with Gasteiger partial charge in [-0.05, 0) is 30.5 Å². The molecule has 0 radical (unpaired) electrons. The number of ether oxygens (including phenoxy) is 1. The van der Waals surface area contributed by atoms with Crippen molar-refractivity contribution in [1.82, 2.24) is 10.6 Å². The Morgan fingerprint density at radius 2 is 2.35 bits per heavy atom. The van der Waals surface area contributed by atoms with Gasteiger partial charge in [-0.15, -0.1) is 0 Å². The summed E-state index contributed by atoms with van der Waals surface area (Å²) in [6.45, 7) is 2.05. The van der Waals surface area contributed by atoms with Crippen LogP contribution in [0.2, 0.25) is 0 Å². The molecule has 0 spiro atoms. The Kier molecular flexibility index (Phi) is 3.72. The number of morpholine rings is 1. The Balaban J connectivity index is 1.60. The minimum atomic E-state index is -0.352. The lowest BCUT2D eigenvalue weighted by Gasteiger charge is -2.25. The van der Waals surface area contributed by atoms with Crippen LogP contribution in [0.5, 0.6) is 0 Å². The van der Waals surface area contributed by atoms with Crippen molar-refractivity contribution in [3.8, 4) is 0 Å². The standard InChI is InChI=1S/C15H19FN2O2/c16-12-3-1-2-11(8-12)15(4-5-15)18-14(19)9-13-10-20-7-6-17-13/h1-3,8,13,17H,4-7,9-10H2,(H,18,19). The minimum absolute atomic E-state index is 0.00485. The van der Waals surface area contributed by atoms with Crippen molar-refractivity contribution < 1.29 is 13.9 Å². The molecule has 2 fully saturated rings. The fourth-order valence-corrected chi connectivity index (χ4v) is 2.69. The zero-order valence-electron chi connectivity index (χ0n) is 11.3. The number of benzene rings is 1. The molecule has 1 atom stereocenters. The summed E-state index contributed by atoms with van der Waals surface area (Å²) in [5.41, 5.74) is 0.507. The van der Waals surface area contributed by atoms with Crippen molar-refractivity contribution in [3.05, 3.63) is 35.6 Å². The number of hydrogen-bond acceptors (Lipinski definition) is 3. The zero-order valence-corrected chi connectivity index (χ0v) is 11.3. The largest absolute Gasteiger partial charge is 0.378 e. The Morgan fingerprint density at radius 1 is 1.50 bits per heavy atom. The topological polar surface area (TPSA) is 50.4 Å². The van der Waals surface area contributed by atoms with Gasteiger partial charge in [0.25, 0.3) is 0 Å². The third kappa shape index (κ3) is 2.99. The molecular formula is C15H19FN2O2. The lowest BCUT2D eigenvalue weighted by molar-refractivity contribution is -0.123. The lowest BCUT2D eigenvalue weighted by atomic mass is 10.0. The maximum absolute atomic E-state index is 13.3. The second-order valence-corrected chi connectivity index (χ2v) is 5.57. The summed E-state index contributed by atoms with van der Waals surface area (Å²) in [7, 11) is 0. The van der Waals surface area contributed by atoms with Crippen LogP contribution in [0.4, 0.5) is 4.39 Å². The molecule has 0 bridgehead atoms. The van der Waals surface area contributed by atoms with Crippen molar-refractivity contribution >= 4 is 5.91 Å². The summed E-state index contributed by atoms with van der Waals surface area (Å²) in [4.78, 5) is 12.1. The van der Waals surface area contributed by atoms with Gasteiger partial charge in [0.2, 0.25) is 5.91 Å². The molecule has 4 nitrogen and oxygen atoms in total. The van der Waals surface area contributed by atoms with Crippen LogP contribution in [0, 0.1) is 5.82 Å². The Bertz CT molecular complexity index is 496. The molecule has 2 aliphatic rings. The van der Waals surface area contributed by atoms with E-state index in [0.717, 1.165) is 24.9 Å². The number of carbonyl (C=O) groups is 1. The summed E-state index contributed by atoms with van der Waals surface area (Å²) >= 11 is 0. The summed E-state index contributed by atoms with van der Waals surface area (Å²) in [5, 5.41) is 6.32. The van der Waals surface area contributed by atoms with Gasteiger partial charge in [0.15, 0.2) is 0 Å². The third-order valence-corrected chi connectivity index (χ3v) is 3.94. The normalized spacial score (nSPS) is 24.1. The monoisotopic (exact) mass is 278 g/mol. The van der Waals surface area contributed by atoms with E-state index in [0.29, 0.717) is 19.6 Å². The number of rotatable bonds is 4. The van der Waals surface area contributed by atoms with Gasteiger partial charge in [-0.1, -0.05) is 12.1 Å². The van der Waals surface area contributed by atoms with Gasteiger partial charge < -0.3 is 15.4 Å². The molecule has 1 heterocycles.